The summed E-state index contributed by atoms with van der Waals surface area (Å²) in [7, 11) is 0. The summed E-state index contributed by atoms with van der Waals surface area (Å²) in [6.45, 7) is 3.41. The second-order valence-corrected chi connectivity index (χ2v) is 4.20. The Morgan fingerprint density at radius 1 is 1.31 bits per heavy atom. The van der Waals surface area contributed by atoms with Crippen molar-refractivity contribution in [2.45, 2.75) is 38.2 Å². The molecule has 13 heavy (non-hydrogen) atoms. The molecule has 0 radical (unpaired) electrons. The number of ether oxygens (including phenoxy) is 1. The van der Waals surface area contributed by atoms with Gasteiger partial charge in [-0.25, -0.2) is 4.79 Å². The van der Waals surface area contributed by atoms with E-state index in [-0.39, 0.29) is 12.1 Å². The molecule has 0 aromatic carbocycles. The van der Waals surface area contributed by atoms with E-state index < -0.39 is 0 Å². The highest BCUT2D eigenvalue weighted by Crippen LogP contribution is 2.42. The molecule has 0 aromatic rings. The zero-order valence-electron chi connectivity index (χ0n) is 7.87. The van der Waals surface area contributed by atoms with E-state index in [0.717, 1.165) is 12.3 Å². The molecule has 0 aliphatic heterocycles. The minimum absolute atomic E-state index is 0.193. The van der Waals surface area contributed by atoms with Gasteiger partial charge in [-0.2, -0.15) is 0 Å². The monoisotopic (exact) mass is 180 g/mol. The lowest BCUT2D eigenvalue weighted by Gasteiger charge is -2.41. The number of esters is 1. The number of hydrogen-bond donors (Lipinski definition) is 0. The van der Waals surface area contributed by atoms with Gasteiger partial charge in [0.25, 0.3) is 0 Å². The zero-order valence-corrected chi connectivity index (χ0v) is 7.87. The van der Waals surface area contributed by atoms with Gasteiger partial charge < -0.3 is 4.74 Å². The molecule has 1 atom stereocenters. The lowest BCUT2D eigenvalue weighted by atomic mass is 9.69. The van der Waals surface area contributed by atoms with Crippen LogP contribution in [0.2, 0.25) is 0 Å². The highest BCUT2D eigenvalue weighted by molar-refractivity contribution is 5.81. The Labute approximate surface area is 79.0 Å². The summed E-state index contributed by atoms with van der Waals surface area (Å²) in [5.41, 5.74) is 0. The molecule has 72 valence electrons. The fraction of sp³-hybridized carbons (Fsp3) is 0.727. The van der Waals surface area contributed by atoms with Crippen molar-refractivity contribution in [3.05, 3.63) is 12.7 Å². The predicted octanol–water partition coefficient (Wildman–Crippen LogP) is 2.29. The van der Waals surface area contributed by atoms with Gasteiger partial charge in [0.1, 0.15) is 6.10 Å². The lowest BCUT2D eigenvalue weighted by molar-refractivity contribution is -0.151. The molecule has 0 heterocycles. The smallest absolute Gasteiger partial charge is 0.330 e. The second-order valence-electron chi connectivity index (χ2n) is 4.20. The van der Waals surface area contributed by atoms with Crippen molar-refractivity contribution >= 4 is 5.97 Å². The molecular formula is C11H16O2. The van der Waals surface area contributed by atoms with Gasteiger partial charge >= 0.3 is 5.97 Å². The first kappa shape index (κ1) is 8.79. The Hall–Kier alpha value is -0.790. The van der Waals surface area contributed by atoms with Crippen molar-refractivity contribution in [2.24, 2.45) is 11.8 Å². The van der Waals surface area contributed by atoms with Crippen LogP contribution in [0.1, 0.15) is 32.1 Å². The molecule has 2 nitrogen and oxygen atoms in total. The van der Waals surface area contributed by atoms with Crippen molar-refractivity contribution in [1.29, 1.82) is 0 Å². The Bertz CT molecular complexity index is 214. The average Bonchev–Trinajstić information content (AvgIpc) is 2.19. The molecule has 3 fully saturated rings. The minimum Gasteiger partial charge on any atom is -0.459 e. The predicted molar refractivity (Wildman–Crippen MR) is 50.1 cm³/mol. The molecule has 2 heteroatoms. The van der Waals surface area contributed by atoms with E-state index in [1.165, 1.54) is 31.8 Å². The topological polar surface area (TPSA) is 26.3 Å². The number of carbonyl (C=O) groups excluding carboxylic acids is 1. The standard InChI is InChI=1S/C11H16O2/c1-2-11(12)13-10-7-8-3-5-9(10)6-4-8/h2,8-10H,1,3-7H2. The molecule has 2 bridgehead atoms. The van der Waals surface area contributed by atoms with E-state index in [4.69, 9.17) is 4.74 Å². The van der Waals surface area contributed by atoms with Crippen molar-refractivity contribution in [3.63, 3.8) is 0 Å². The van der Waals surface area contributed by atoms with Crippen LogP contribution in [-0.4, -0.2) is 12.1 Å². The maximum Gasteiger partial charge on any atom is 0.330 e. The third-order valence-electron chi connectivity index (χ3n) is 3.42. The van der Waals surface area contributed by atoms with Crippen LogP contribution in [0.5, 0.6) is 0 Å². The second kappa shape index (κ2) is 3.52. The quantitative estimate of drug-likeness (QED) is 0.481. The van der Waals surface area contributed by atoms with Crippen molar-refractivity contribution in [3.8, 4) is 0 Å². The van der Waals surface area contributed by atoms with Crippen molar-refractivity contribution in [2.75, 3.05) is 0 Å². The molecule has 3 saturated carbocycles. The first-order valence-electron chi connectivity index (χ1n) is 5.12. The van der Waals surface area contributed by atoms with Gasteiger partial charge in [0.15, 0.2) is 0 Å². The van der Waals surface area contributed by atoms with Gasteiger partial charge in [-0.3, -0.25) is 0 Å². The van der Waals surface area contributed by atoms with Gasteiger partial charge in [0.2, 0.25) is 0 Å². The summed E-state index contributed by atoms with van der Waals surface area (Å²) < 4.78 is 5.32. The molecule has 0 N–H and O–H groups in total. The summed E-state index contributed by atoms with van der Waals surface area (Å²) in [6.07, 6.45) is 7.73. The lowest BCUT2D eigenvalue weighted by Crippen LogP contribution is -2.38. The van der Waals surface area contributed by atoms with Gasteiger partial charge in [-0.15, -0.1) is 0 Å². The molecule has 3 rings (SSSR count). The Kier molecular flexibility index (Phi) is 2.38. The molecule has 3 aliphatic carbocycles. The third kappa shape index (κ3) is 1.77. The van der Waals surface area contributed by atoms with Crippen LogP contribution in [0.15, 0.2) is 12.7 Å². The van der Waals surface area contributed by atoms with E-state index >= 15 is 0 Å². The van der Waals surface area contributed by atoms with Crippen LogP contribution in [0.4, 0.5) is 0 Å². The molecular weight excluding hydrogens is 164 g/mol. The molecule has 0 spiro atoms. The number of hydrogen-bond acceptors (Lipinski definition) is 2. The maximum absolute atomic E-state index is 11.0. The van der Waals surface area contributed by atoms with Gasteiger partial charge in [0.05, 0.1) is 0 Å². The van der Waals surface area contributed by atoms with Gasteiger partial charge in [0, 0.05) is 6.08 Å². The Morgan fingerprint density at radius 2 is 2.00 bits per heavy atom. The summed E-state index contributed by atoms with van der Waals surface area (Å²) in [6, 6.07) is 0. The first-order valence-corrected chi connectivity index (χ1v) is 5.12. The first-order chi connectivity index (χ1) is 6.29. The number of rotatable bonds is 2. The van der Waals surface area contributed by atoms with E-state index in [1.807, 2.05) is 0 Å². The summed E-state index contributed by atoms with van der Waals surface area (Å²) in [4.78, 5) is 11.0. The normalized spacial score (nSPS) is 37.1. The molecule has 1 unspecified atom stereocenters. The zero-order chi connectivity index (χ0) is 9.26. The van der Waals surface area contributed by atoms with Crippen LogP contribution in [0.3, 0.4) is 0 Å². The van der Waals surface area contributed by atoms with E-state index in [1.54, 1.807) is 0 Å². The van der Waals surface area contributed by atoms with Crippen LogP contribution in [0.25, 0.3) is 0 Å². The maximum atomic E-state index is 11.0. The largest absolute Gasteiger partial charge is 0.459 e. The fourth-order valence-electron chi connectivity index (χ4n) is 2.66. The summed E-state index contributed by atoms with van der Waals surface area (Å²) in [5.74, 6) is 1.19. The van der Waals surface area contributed by atoms with E-state index in [9.17, 15) is 4.79 Å². The number of fused-ring (bicyclic) bond motifs is 3. The van der Waals surface area contributed by atoms with Crippen molar-refractivity contribution in [1.82, 2.24) is 0 Å². The average molecular weight is 180 g/mol. The molecule has 0 saturated heterocycles. The fourth-order valence-corrected chi connectivity index (χ4v) is 2.66. The molecule has 0 aromatic heterocycles. The highest BCUT2D eigenvalue weighted by atomic mass is 16.5. The summed E-state index contributed by atoms with van der Waals surface area (Å²) >= 11 is 0. The Morgan fingerprint density at radius 3 is 2.46 bits per heavy atom. The van der Waals surface area contributed by atoms with Gasteiger partial charge in [-0.1, -0.05) is 6.58 Å². The van der Waals surface area contributed by atoms with E-state index in [2.05, 4.69) is 6.58 Å². The highest BCUT2D eigenvalue weighted by Gasteiger charge is 2.37. The van der Waals surface area contributed by atoms with Crippen LogP contribution in [0, 0.1) is 11.8 Å². The van der Waals surface area contributed by atoms with Crippen LogP contribution in [-0.2, 0) is 9.53 Å². The van der Waals surface area contributed by atoms with Crippen LogP contribution < -0.4 is 0 Å². The van der Waals surface area contributed by atoms with Crippen molar-refractivity contribution < 1.29 is 9.53 Å². The molecule has 3 aliphatic rings. The van der Waals surface area contributed by atoms with Crippen LogP contribution >= 0.6 is 0 Å². The third-order valence-corrected chi connectivity index (χ3v) is 3.42. The van der Waals surface area contributed by atoms with E-state index in [0.29, 0.717) is 5.92 Å². The Balaban J connectivity index is 1.93. The minimum atomic E-state index is -0.252. The van der Waals surface area contributed by atoms with Gasteiger partial charge in [-0.05, 0) is 43.9 Å². The number of carbonyl (C=O) groups is 1. The SMILES string of the molecule is C=CC(=O)OC1CC2CCC1CC2. The summed E-state index contributed by atoms with van der Waals surface area (Å²) in [5, 5.41) is 0. The molecule has 0 amide bonds.